The number of carboxylic acids is 2. The van der Waals surface area contributed by atoms with Crippen molar-refractivity contribution in [3.8, 4) is 0 Å². The minimum absolute atomic E-state index is 0.00953. The molecule has 0 radical (unpaired) electrons. The molecule has 2 fully saturated rings. The van der Waals surface area contributed by atoms with Crippen LogP contribution in [0.1, 0.15) is 64.4 Å². The van der Waals surface area contributed by atoms with Crippen molar-refractivity contribution in [2.75, 3.05) is 13.1 Å². The van der Waals surface area contributed by atoms with Gasteiger partial charge in [0.1, 0.15) is 12.1 Å². The number of carbonyl (C=O) groups excluding carboxylic acids is 2. The van der Waals surface area contributed by atoms with Crippen LogP contribution >= 0.6 is 0 Å². The zero-order chi connectivity index (χ0) is 26.2. The van der Waals surface area contributed by atoms with Gasteiger partial charge in [-0.25, -0.2) is 4.79 Å². The molecule has 198 valence electrons. The first-order valence-corrected chi connectivity index (χ1v) is 13.1. The lowest BCUT2D eigenvalue weighted by Gasteiger charge is -2.40. The highest BCUT2D eigenvalue weighted by Gasteiger charge is 2.50. The molecular weight excluding hydrogens is 462 g/mol. The van der Waals surface area contributed by atoms with E-state index in [9.17, 15) is 29.4 Å². The number of rotatable bonds is 12. The fraction of sp³-hybridized carbons (Fsp3) is 0.630. The van der Waals surface area contributed by atoms with Crippen LogP contribution in [0, 0.1) is 5.92 Å². The van der Waals surface area contributed by atoms with Crippen molar-refractivity contribution in [1.29, 1.82) is 0 Å². The number of fused-ring (bicyclic) bond motifs is 1. The number of amides is 2. The van der Waals surface area contributed by atoms with Crippen LogP contribution in [0.4, 0.5) is 0 Å². The molecule has 0 aliphatic carbocycles. The quantitative estimate of drug-likeness (QED) is 0.376. The Morgan fingerprint density at radius 2 is 1.83 bits per heavy atom. The van der Waals surface area contributed by atoms with Gasteiger partial charge in [-0.3, -0.25) is 19.7 Å². The van der Waals surface area contributed by atoms with E-state index in [2.05, 4.69) is 12.2 Å². The third-order valence-electron chi connectivity index (χ3n) is 7.51. The molecule has 2 amide bonds. The lowest BCUT2D eigenvalue weighted by molar-refractivity contribution is -0.152. The summed E-state index contributed by atoms with van der Waals surface area (Å²) in [7, 11) is 0. The van der Waals surface area contributed by atoms with E-state index < -0.39 is 36.0 Å². The van der Waals surface area contributed by atoms with Gasteiger partial charge in [0.2, 0.25) is 11.8 Å². The summed E-state index contributed by atoms with van der Waals surface area (Å²) in [6.07, 6.45) is 5.13. The number of piperidine rings is 1. The Morgan fingerprint density at radius 3 is 2.47 bits per heavy atom. The minimum atomic E-state index is -1.07. The third-order valence-corrected chi connectivity index (χ3v) is 7.51. The molecule has 0 spiro atoms. The largest absolute Gasteiger partial charge is 0.480 e. The van der Waals surface area contributed by atoms with Gasteiger partial charge in [0, 0.05) is 19.5 Å². The normalized spacial score (nSPS) is 23.1. The van der Waals surface area contributed by atoms with E-state index in [0.29, 0.717) is 45.2 Å². The zero-order valence-electron chi connectivity index (χ0n) is 21.3. The Morgan fingerprint density at radius 1 is 1.11 bits per heavy atom. The van der Waals surface area contributed by atoms with Crippen LogP contribution in [0.5, 0.6) is 0 Å². The molecule has 1 aromatic carbocycles. The van der Waals surface area contributed by atoms with Crippen LogP contribution in [0.15, 0.2) is 30.3 Å². The van der Waals surface area contributed by atoms with Gasteiger partial charge >= 0.3 is 11.9 Å². The van der Waals surface area contributed by atoms with Crippen LogP contribution in [-0.2, 0) is 25.6 Å². The van der Waals surface area contributed by atoms with Crippen molar-refractivity contribution >= 4 is 23.8 Å². The third kappa shape index (κ3) is 6.84. The molecule has 0 aromatic heterocycles. The van der Waals surface area contributed by atoms with E-state index in [1.807, 2.05) is 30.3 Å². The predicted molar refractivity (Wildman–Crippen MR) is 134 cm³/mol. The lowest BCUT2D eigenvalue weighted by Crippen LogP contribution is -2.58. The number of carbonyl (C=O) groups is 4. The van der Waals surface area contributed by atoms with E-state index in [4.69, 9.17) is 0 Å². The van der Waals surface area contributed by atoms with Crippen molar-refractivity contribution < 1.29 is 29.4 Å². The highest BCUT2D eigenvalue weighted by molar-refractivity contribution is 5.88. The van der Waals surface area contributed by atoms with Crippen molar-refractivity contribution in [2.24, 2.45) is 5.92 Å². The monoisotopic (exact) mass is 501 g/mol. The second-order valence-corrected chi connectivity index (χ2v) is 10.1. The van der Waals surface area contributed by atoms with Gasteiger partial charge in [-0.1, -0.05) is 50.1 Å². The molecule has 2 aliphatic rings. The first-order chi connectivity index (χ1) is 17.2. The topological polar surface area (TPSA) is 127 Å². The molecule has 0 bridgehead atoms. The Kier molecular flexibility index (Phi) is 9.87. The molecule has 1 aromatic rings. The summed E-state index contributed by atoms with van der Waals surface area (Å²) in [6, 6.07) is 6.35. The second kappa shape index (κ2) is 12.9. The highest BCUT2D eigenvalue weighted by atomic mass is 16.4. The van der Waals surface area contributed by atoms with Crippen molar-refractivity contribution in [1.82, 2.24) is 15.1 Å². The summed E-state index contributed by atoms with van der Waals surface area (Å²) in [5, 5.41) is 22.5. The molecule has 5 unspecified atom stereocenters. The molecule has 2 aliphatic heterocycles. The first kappa shape index (κ1) is 27.6. The fourth-order valence-electron chi connectivity index (χ4n) is 5.48. The average molecular weight is 502 g/mol. The van der Waals surface area contributed by atoms with Gasteiger partial charge in [0.05, 0.1) is 12.1 Å². The smallest absolute Gasteiger partial charge is 0.326 e. The van der Waals surface area contributed by atoms with Crippen LogP contribution < -0.4 is 5.32 Å². The first-order valence-electron chi connectivity index (χ1n) is 13.1. The second-order valence-electron chi connectivity index (χ2n) is 10.1. The number of unbranched alkanes of at least 4 members (excludes halogenated alkanes) is 2. The van der Waals surface area contributed by atoms with Gasteiger partial charge < -0.3 is 20.0 Å². The minimum Gasteiger partial charge on any atom is -0.480 e. The fourth-order valence-corrected chi connectivity index (χ4v) is 5.48. The van der Waals surface area contributed by atoms with Gasteiger partial charge in [-0.15, -0.1) is 0 Å². The maximum atomic E-state index is 13.5. The van der Waals surface area contributed by atoms with Gasteiger partial charge in [0.25, 0.3) is 0 Å². The van der Waals surface area contributed by atoms with Crippen LogP contribution in [0.2, 0.25) is 0 Å². The van der Waals surface area contributed by atoms with E-state index in [0.717, 1.165) is 24.8 Å². The van der Waals surface area contributed by atoms with Gasteiger partial charge in [-0.2, -0.15) is 0 Å². The molecule has 9 nitrogen and oxygen atoms in total. The molecule has 36 heavy (non-hydrogen) atoms. The van der Waals surface area contributed by atoms with Crippen molar-refractivity contribution in [3.05, 3.63) is 35.9 Å². The summed E-state index contributed by atoms with van der Waals surface area (Å²) in [5.41, 5.74) is 1.00. The van der Waals surface area contributed by atoms with E-state index >= 15 is 0 Å². The summed E-state index contributed by atoms with van der Waals surface area (Å²) < 4.78 is 0. The van der Waals surface area contributed by atoms with Crippen LogP contribution in [0.25, 0.3) is 0 Å². The van der Waals surface area contributed by atoms with Gasteiger partial charge in [-0.05, 0) is 50.5 Å². The van der Waals surface area contributed by atoms with Crippen LogP contribution in [0.3, 0.4) is 0 Å². The molecule has 2 heterocycles. The number of aryl methyl sites for hydroxylation is 1. The van der Waals surface area contributed by atoms with Crippen molar-refractivity contribution in [2.45, 2.75) is 89.4 Å². The SMILES string of the molecule is CCCCCC(=O)N1CCC2CC(C(=O)O)N(C(=O)C(C)NC(CCc3ccccc3)C(=O)O)C2C1. The van der Waals surface area contributed by atoms with E-state index in [1.165, 1.54) is 4.90 Å². The number of benzene rings is 1. The predicted octanol–water partition coefficient (Wildman–Crippen LogP) is 2.53. The van der Waals surface area contributed by atoms with E-state index in [1.54, 1.807) is 11.8 Å². The van der Waals surface area contributed by atoms with E-state index in [-0.39, 0.29) is 17.9 Å². The maximum absolute atomic E-state index is 13.5. The Hall–Kier alpha value is -2.94. The summed E-state index contributed by atoms with van der Waals surface area (Å²) in [5.74, 6) is -2.49. The molecule has 9 heteroatoms. The highest BCUT2D eigenvalue weighted by Crippen LogP contribution is 2.37. The molecule has 5 atom stereocenters. The maximum Gasteiger partial charge on any atom is 0.326 e. The number of carboxylic acid groups (broad SMARTS) is 2. The number of nitrogens with zero attached hydrogens (tertiary/aromatic N) is 2. The molecule has 0 saturated carbocycles. The summed E-state index contributed by atoms with van der Waals surface area (Å²) in [4.78, 5) is 53.4. The molecule has 3 N–H and O–H groups in total. The average Bonchev–Trinajstić information content (AvgIpc) is 3.25. The van der Waals surface area contributed by atoms with Gasteiger partial charge in [0.15, 0.2) is 0 Å². The zero-order valence-corrected chi connectivity index (χ0v) is 21.3. The lowest BCUT2D eigenvalue weighted by atomic mass is 9.91. The molecule has 3 rings (SSSR count). The number of hydrogen-bond acceptors (Lipinski definition) is 5. The van der Waals surface area contributed by atoms with Crippen molar-refractivity contribution in [3.63, 3.8) is 0 Å². The number of hydrogen-bond donors (Lipinski definition) is 3. The summed E-state index contributed by atoms with van der Waals surface area (Å²) >= 11 is 0. The molecular formula is C27H39N3O6. The number of likely N-dealkylation sites (tertiary alicyclic amines) is 2. The number of aliphatic carboxylic acids is 2. The summed E-state index contributed by atoms with van der Waals surface area (Å²) in [6.45, 7) is 4.57. The number of nitrogens with one attached hydrogen (secondary N) is 1. The molecule has 2 saturated heterocycles. The standard InChI is InChI=1S/C27H39N3O6/c1-3-4-6-11-24(31)29-15-14-20-16-22(27(35)36)30(23(20)17-29)25(32)18(2)28-21(26(33)34)13-12-19-9-7-5-8-10-19/h5,7-10,18,20-23,28H,3-4,6,11-17H2,1-2H3,(H,33,34)(H,35,36). The van der Waals surface area contributed by atoms with Crippen LogP contribution in [-0.4, -0.2) is 81.0 Å². The Bertz CT molecular complexity index is 923. The Balaban J connectivity index is 1.68. The Labute approximate surface area is 212 Å².